The molecule has 5 rings (SSSR count). The molecular formula is C21H17FN4O6. The molecule has 0 saturated carbocycles. The highest BCUT2D eigenvalue weighted by atomic mass is 19.1. The predicted molar refractivity (Wildman–Crippen MR) is 112 cm³/mol. The van der Waals surface area contributed by atoms with Crippen LogP contribution in [0.4, 0.5) is 10.1 Å². The number of aromatic carboxylic acids is 1. The van der Waals surface area contributed by atoms with Gasteiger partial charge in [0.2, 0.25) is 5.43 Å². The monoisotopic (exact) mass is 440 g/mol. The Kier molecular flexibility index (Phi) is 4.47. The van der Waals surface area contributed by atoms with E-state index in [2.05, 4.69) is 4.99 Å². The summed E-state index contributed by atoms with van der Waals surface area (Å²) >= 11 is 0. The summed E-state index contributed by atoms with van der Waals surface area (Å²) in [6.45, 7) is 0.598. The summed E-state index contributed by atoms with van der Waals surface area (Å²) < 4.78 is 27.6. The number of ether oxygens (including phenoxy) is 1. The number of carbonyl (C=O) groups excluding carboxylic acids is 1. The number of nitrogens with zero attached hydrogens (tertiary/aromatic N) is 4. The topological polar surface area (TPSA) is 118 Å². The second-order valence-corrected chi connectivity index (χ2v) is 7.52. The molecule has 32 heavy (non-hydrogen) atoms. The van der Waals surface area contributed by atoms with E-state index in [-0.39, 0.29) is 41.4 Å². The molecule has 0 atom stereocenters. The van der Waals surface area contributed by atoms with Gasteiger partial charge < -0.3 is 19.2 Å². The minimum atomic E-state index is -1.40. The van der Waals surface area contributed by atoms with Gasteiger partial charge in [0.1, 0.15) is 16.8 Å². The summed E-state index contributed by atoms with van der Waals surface area (Å²) in [5.41, 5.74) is -0.275. The van der Waals surface area contributed by atoms with Gasteiger partial charge in [-0.25, -0.2) is 14.2 Å². The van der Waals surface area contributed by atoms with Crippen molar-refractivity contribution in [3.63, 3.8) is 0 Å². The molecule has 164 valence electrons. The summed E-state index contributed by atoms with van der Waals surface area (Å²) in [5, 5.41) is 10.9. The van der Waals surface area contributed by atoms with Gasteiger partial charge in [-0.1, -0.05) is 0 Å². The first-order valence-electron chi connectivity index (χ1n) is 9.73. The lowest BCUT2D eigenvalue weighted by molar-refractivity contribution is 0.0694. The molecule has 3 aromatic rings. The van der Waals surface area contributed by atoms with E-state index in [1.165, 1.54) is 23.2 Å². The van der Waals surface area contributed by atoms with Gasteiger partial charge >= 0.3 is 11.9 Å². The molecular weight excluding hydrogens is 423 g/mol. The van der Waals surface area contributed by atoms with Crippen LogP contribution in [0.2, 0.25) is 0 Å². The normalized spacial score (nSPS) is 16.6. The van der Waals surface area contributed by atoms with E-state index in [9.17, 15) is 19.5 Å². The van der Waals surface area contributed by atoms with E-state index < -0.39 is 28.7 Å². The average Bonchev–Trinajstić information content (AvgIpc) is 3.44. The maximum Gasteiger partial charge on any atom is 0.341 e. The highest BCUT2D eigenvalue weighted by molar-refractivity contribution is 6.06. The third-order valence-electron chi connectivity index (χ3n) is 5.50. The number of amides is 1. The molecule has 2 aliphatic heterocycles. The van der Waals surface area contributed by atoms with E-state index in [0.29, 0.717) is 18.7 Å². The Labute approximate surface area is 179 Å². The van der Waals surface area contributed by atoms with Gasteiger partial charge in [0, 0.05) is 31.9 Å². The number of carboxylic acids is 1. The SMILES string of the molecule is CN1COc2c(N3CCC(=NC(=O)c4ccco4)C3)c(F)cc3c(=O)c(C(=O)O)cn1c23. The molecule has 11 heteroatoms. The molecule has 4 heterocycles. The number of furan rings is 1. The van der Waals surface area contributed by atoms with Crippen LogP contribution in [0.25, 0.3) is 10.9 Å². The zero-order chi connectivity index (χ0) is 22.6. The molecule has 0 aliphatic carbocycles. The van der Waals surface area contributed by atoms with E-state index >= 15 is 4.39 Å². The quantitative estimate of drug-likeness (QED) is 0.656. The molecule has 1 saturated heterocycles. The number of hydrogen-bond donors (Lipinski definition) is 1. The number of rotatable bonds is 3. The van der Waals surface area contributed by atoms with Gasteiger partial charge in [-0.2, -0.15) is 0 Å². The number of hydrogen-bond acceptors (Lipinski definition) is 7. The number of carboxylic acid groups (broad SMARTS) is 1. The summed E-state index contributed by atoms with van der Waals surface area (Å²) in [6, 6.07) is 4.14. The fraction of sp³-hybridized carbons (Fsp3) is 0.238. The van der Waals surface area contributed by atoms with Crippen molar-refractivity contribution in [1.29, 1.82) is 0 Å². The van der Waals surface area contributed by atoms with Gasteiger partial charge in [-0.15, -0.1) is 0 Å². The summed E-state index contributed by atoms with van der Waals surface area (Å²) in [4.78, 5) is 42.1. The highest BCUT2D eigenvalue weighted by Gasteiger charge is 2.32. The van der Waals surface area contributed by atoms with Crippen LogP contribution in [-0.4, -0.2) is 54.2 Å². The van der Waals surface area contributed by atoms with Crippen LogP contribution in [0.1, 0.15) is 27.3 Å². The van der Waals surface area contributed by atoms with Gasteiger partial charge in [-0.3, -0.25) is 19.3 Å². The molecule has 0 radical (unpaired) electrons. The van der Waals surface area contributed by atoms with E-state index in [1.807, 2.05) is 0 Å². The number of aliphatic imine (C=N–C) groups is 1. The molecule has 1 fully saturated rings. The van der Waals surface area contributed by atoms with Crippen molar-refractivity contribution in [2.45, 2.75) is 6.42 Å². The van der Waals surface area contributed by atoms with E-state index in [0.717, 1.165) is 6.07 Å². The minimum Gasteiger partial charge on any atom is -0.477 e. The maximum absolute atomic E-state index is 15.2. The van der Waals surface area contributed by atoms with E-state index in [4.69, 9.17) is 9.15 Å². The van der Waals surface area contributed by atoms with Gasteiger partial charge in [0.15, 0.2) is 24.1 Å². The molecule has 1 amide bonds. The van der Waals surface area contributed by atoms with Crippen molar-refractivity contribution in [1.82, 2.24) is 4.68 Å². The standard InChI is InChI=1S/C21H17FN4O6/c1-24-10-32-19-16-12(18(27)13(21(29)30)9-26(16)24)7-14(22)17(19)25-5-4-11(8-25)23-20(28)15-3-2-6-31-15/h2-3,6-7,9H,4-5,8,10H2,1H3,(H,29,30). The Hall–Kier alpha value is -4.15. The van der Waals surface area contributed by atoms with Crippen LogP contribution in [0.3, 0.4) is 0 Å². The molecule has 2 aliphatic rings. The molecule has 1 N–H and O–H groups in total. The van der Waals surface area contributed by atoms with Crippen LogP contribution >= 0.6 is 0 Å². The molecule has 0 unspecified atom stereocenters. The predicted octanol–water partition coefficient (Wildman–Crippen LogP) is 1.84. The lowest BCUT2D eigenvalue weighted by atomic mass is 10.1. The highest BCUT2D eigenvalue weighted by Crippen LogP contribution is 2.40. The molecule has 2 aromatic heterocycles. The number of carbonyl (C=O) groups is 2. The first-order chi connectivity index (χ1) is 15.3. The Balaban J connectivity index is 1.60. The molecule has 0 spiro atoms. The van der Waals surface area contributed by atoms with Crippen molar-refractivity contribution in [2.75, 3.05) is 36.8 Å². The van der Waals surface area contributed by atoms with Gasteiger partial charge in [-0.05, 0) is 18.2 Å². The third kappa shape index (κ3) is 3.01. The average molecular weight is 440 g/mol. The smallest absolute Gasteiger partial charge is 0.341 e. The van der Waals surface area contributed by atoms with Crippen molar-refractivity contribution in [3.05, 3.63) is 58.0 Å². The third-order valence-corrected chi connectivity index (χ3v) is 5.50. The molecule has 10 nitrogen and oxygen atoms in total. The molecule has 1 aromatic carbocycles. The summed E-state index contributed by atoms with van der Waals surface area (Å²) in [6.07, 6.45) is 3.03. The van der Waals surface area contributed by atoms with Crippen molar-refractivity contribution in [3.8, 4) is 5.75 Å². The van der Waals surface area contributed by atoms with Crippen LogP contribution < -0.4 is 20.1 Å². The van der Waals surface area contributed by atoms with Crippen molar-refractivity contribution in [2.24, 2.45) is 4.99 Å². The lowest BCUT2D eigenvalue weighted by Gasteiger charge is -2.33. The maximum atomic E-state index is 15.2. The van der Waals surface area contributed by atoms with E-state index in [1.54, 1.807) is 23.0 Å². The first-order valence-corrected chi connectivity index (χ1v) is 9.73. The lowest BCUT2D eigenvalue weighted by Crippen LogP contribution is -2.40. The number of halogens is 1. The fourth-order valence-corrected chi connectivity index (χ4v) is 3.99. The molecule has 0 bridgehead atoms. The van der Waals surface area contributed by atoms with Crippen LogP contribution in [0.15, 0.2) is 44.9 Å². The first kappa shape index (κ1) is 19.8. The number of anilines is 1. The van der Waals surface area contributed by atoms with Crippen LogP contribution in [0, 0.1) is 5.82 Å². The van der Waals surface area contributed by atoms with Crippen molar-refractivity contribution >= 4 is 34.2 Å². The second-order valence-electron chi connectivity index (χ2n) is 7.52. The summed E-state index contributed by atoms with van der Waals surface area (Å²) in [7, 11) is 1.66. The largest absolute Gasteiger partial charge is 0.477 e. The Bertz CT molecular complexity index is 1360. The van der Waals surface area contributed by atoms with Gasteiger partial charge in [0.05, 0.1) is 18.2 Å². The fourth-order valence-electron chi connectivity index (χ4n) is 3.99. The summed E-state index contributed by atoms with van der Waals surface area (Å²) in [5.74, 6) is -2.37. The number of pyridine rings is 1. The number of benzene rings is 1. The van der Waals surface area contributed by atoms with Crippen molar-refractivity contribution < 1.29 is 28.2 Å². The van der Waals surface area contributed by atoms with Crippen LogP contribution in [0.5, 0.6) is 5.75 Å². The Morgan fingerprint density at radius 3 is 2.84 bits per heavy atom. The Morgan fingerprint density at radius 1 is 1.31 bits per heavy atom. The zero-order valence-electron chi connectivity index (χ0n) is 16.9. The number of aromatic nitrogens is 1. The zero-order valence-corrected chi connectivity index (χ0v) is 16.9. The van der Waals surface area contributed by atoms with Gasteiger partial charge in [0.25, 0.3) is 0 Å². The van der Waals surface area contributed by atoms with Crippen LogP contribution in [-0.2, 0) is 0 Å². The minimum absolute atomic E-state index is 0.0201. The second kappa shape index (κ2) is 7.22. The Morgan fingerprint density at radius 2 is 2.12 bits per heavy atom.